The number of aryl methyl sites for hydroxylation is 1. The van der Waals surface area contributed by atoms with E-state index < -0.39 is 5.54 Å². The van der Waals surface area contributed by atoms with Crippen LogP contribution in [0.1, 0.15) is 62.2 Å². The minimum Gasteiger partial charge on any atom is -0.352 e. The molecule has 1 aromatic rings. The van der Waals surface area contributed by atoms with E-state index in [0.29, 0.717) is 23.4 Å². The SMILES string of the molecule is CCC(N)(CC)CNC(=O)c1c(C)cc(=O)n(CC(=O)NC(C)C)c1C.Cl. The third-order valence-corrected chi connectivity index (χ3v) is 4.75. The van der Waals surface area contributed by atoms with Crippen molar-refractivity contribution in [2.45, 2.75) is 72.5 Å². The first-order valence-corrected chi connectivity index (χ1v) is 9.12. The summed E-state index contributed by atoms with van der Waals surface area (Å²) >= 11 is 0. The van der Waals surface area contributed by atoms with E-state index in [2.05, 4.69) is 10.6 Å². The molecule has 0 aliphatic carbocycles. The molecule has 2 amide bonds. The van der Waals surface area contributed by atoms with E-state index in [9.17, 15) is 14.4 Å². The first kappa shape index (κ1) is 25.1. The van der Waals surface area contributed by atoms with Crippen LogP contribution in [0.15, 0.2) is 10.9 Å². The van der Waals surface area contributed by atoms with Crippen molar-refractivity contribution in [1.29, 1.82) is 0 Å². The number of pyridine rings is 1. The molecule has 154 valence electrons. The summed E-state index contributed by atoms with van der Waals surface area (Å²) in [6.45, 7) is 11.3. The van der Waals surface area contributed by atoms with E-state index in [1.807, 2.05) is 27.7 Å². The van der Waals surface area contributed by atoms with Crippen LogP contribution in [0, 0.1) is 13.8 Å². The Balaban J connectivity index is 0.00000676. The summed E-state index contributed by atoms with van der Waals surface area (Å²) in [7, 11) is 0. The van der Waals surface area contributed by atoms with Crippen LogP contribution in [0.2, 0.25) is 0 Å². The lowest BCUT2D eigenvalue weighted by Gasteiger charge is -2.27. The Morgan fingerprint density at radius 2 is 1.78 bits per heavy atom. The number of amides is 2. The lowest BCUT2D eigenvalue weighted by molar-refractivity contribution is -0.122. The number of hydrogen-bond donors (Lipinski definition) is 3. The highest BCUT2D eigenvalue weighted by Crippen LogP contribution is 2.13. The molecule has 0 atom stereocenters. The van der Waals surface area contributed by atoms with Crippen molar-refractivity contribution in [3.63, 3.8) is 0 Å². The predicted octanol–water partition coefficient (Wildman–Crippen LogP) is 1.66. The van der Waals surface area contributed by atoms with E-state index in [4.69, 9.17) is 5.73 Å². The number of hydrogen-bond acceptors (Lipinski definition) is 4. The zero-order valence-electron chi connectivity index (χ0n) is 17.1. The fourth-order valence-electron chi connectivity index (χ4n) is 2.82. The first-order valence-electron chi connectivity index (χ1n) is 9.12. The summed E-state index contributed by atoms with van der Waals surface area (Å²) in [6.07, 6.45) is 1.49. The molecule has 0 saturated carbocycles. The average molecular weight is 401 g/mol. The quantitative estimate of drug-likeness (QED) is 0.616. The van der Waals surface area contributed by atoms with Gasteiger partial charge in [-0.2, -0.15) is 0 Å². The van der Waals surface area contributed by atoms with Crippen LogP contribution >= 0.6 is 12.4 Å². The van der Waals surface area contributed by atoms with Crippen molar-refractivity contribution in [3.05, 3.63) is 33.2 Å². The average Bonchev–Trinajstić information content (AvgIpc) is 2.55. The second kappa shape index (κ2) is 10.5. The van der Waals surface area contributed by atoms with Crippen LogP contribution in [0.4, 0.5) is 0 Å². The first-order chi connectivity index (χ1) is 12.0. The molecule has 7 nitrogen and oxygen atoms in total. The largest absolute Gasteiger partial charge is 0.352 e. The number of carbonyl (C=O) groups excluding carboxylic acids is 2. The van der Waals surface area contributed by atoms with E-state index >= 15 is 0 Å². The standard InChI is InChI=1S/C19H32N4O3.ClH/c1-7-19(20,8-2)11-21-18(26)17-13(5)9-16(25)23(14(17)6)10-15(24)22-12(3)4;/h9,12H,7-8,10-11,20H2,1-6H3,(H,21,26)(H,22,24);1H. The molecule has 1 rings (SSSR count). The summed E-state index contributed by atoms with van der Waals surface area (Å²) < 4.78 is 1.33. The number of nitrogens with one attached hydrogen (secondary N) is 2. The van der Waals surface area contributed by atoms with E-state index in [-0.39, 0.29) is 42.4 Å². The van der Waals surface area contributed by atoms with Gasteiger partial charge in [0.25, 0.3) is 11.5 Å². The van der Waals surface area contributed by atoms with Gasteiger partial charge in [0.05, 0.1) is 5.56 Å². The van der Waals surface area contributed by atoms with Crippen LogP contribution in [0.25, 0.3) is 0 Å². The van der Waals surface area contributed by atoms with Crippen LogP contribution in [-0.2, 0) is 11.3 Å². The highest BCUT2D eigenvalue weighted by molar-refractivity contribution is 5.96. The van der Waals surface area contributed by atoms with Crippen LogP contribution < -0.4 is 21.9 Å². The Morgan fingerprint density at radius 1 is 1.22 bits per heavy atom. The van der Waals surface area contributed by atoms with Gasteiger partial charge in [0.2, 0.25) is 5.91 Å². The second-order valence-corrected chi connectivity index (χ2v) is 7.19. The normalized spacial score (nSPS) is 11.1. The van der Waals surface area contributed by atoms with Gasteiger partial charge in [0.1, 0.15) is 6.54 Å². The van der Waals surface area contributed by atoms with Crippen LogP contribution in [0.3, 0.4) is 0 Å². The van der Waals surface area contributed by atoms with Gasteiger partial charge in [-0.25, -0.2) is 0 Å². The number of nitrogens with zero attached hydrogens (tertiary/aromatic N) is 1. The molecule has 0 spiro atoms. The van der Waals surface area contributed by atoms with E-state index in [1.54, 1.807) is 13.8 Å². The van der Waals surface area contributed by atoms with Gasteiger partial charge >= 0.3 is 0 Å². The summed E-state index contributed by atoms with van der Waals surface area (Å²) in [4.78, 5) is 37.0. The van der Waals surface area contributed by atoms with Gasteiger partial charge in [-0.1, -0.05) is 13.8 Å². The second-order valence-electron chi connectivity index (χ2n) is 7.19. The van der Waals surface area contributed by atoms with Gasteiger partial charge < -0.3 is 20.9 Å². The maximum Gasteiger partial charge on any atom is 0.253 e. The van der Waals surface area contributed by atoms with Gasteiger partial charge in [-0.15, -0.1) is 12.4 Å². The molecular formula is C19H33ClN4O3. The molecule has 0 aromatic carbocycles. The minimum atomic E-state index is -0.455. The van der Waals surface area contributed by atoms with Gasteiger partial charge in [0, 0.05) is 29.9 Å². The zero-order chi connectivity index (χ0) is 20.1. The van der Waals surface area contributed by atoms with Crippen molar-refractivity contribution >= 4 is 24.2 Å². The van der Waals surface area contributed by atoms with Crippen molar-refractivity contribution in [2.75, 3.05) is 6.54 Å². The molecule has 0 aliphatic rings. The smallest absolute Gasteiger partial charge is 0.253 e. The molecule has 0 saturated heterocycles. The van der Waals surface area contributed by atoms with Gasteiger partial charge in [-0.3, -0.25) is 14.4 Å². The summed E-state index contributed by atoms with van der Waals surface area (Å²) in [6, 6.07) is 1.37. The fraction of sp³-hybridized carbons (Fsp3) is 0.632. The number of aromatic nitrogens is 1. The molecule has 8 heteroatoms. The molecule has 0 bridgehead atoms. The molecule has 0 unspecified atom stereocenters. The van der Waals surface area contributed by atoms with Crippen LogP contribution in [0.5, 0.6) is 0 Å². The van der Waals surface area contributed by atoms with E-state index in [1.165, 1.54) is 10.6 Å². The molecule has 1 heterocycles. The maximum atomic E-state index is 12.7. The Labute approximate surface area is 167 Å². The number of rotatable bonds is 8. The summed E-state index contributed by atoms with van der Waals surface area (Å²) in [5.41, 5.74) is 6.96. The van der Waals surface area contributed by atoms with Crippen molar-refractivity contribution in [3.8, 4) is 0 Å². The number of carbonyl (C=O) groups is 2. The zero-order valence-corrected chi connectivity index (χ0v) is 18.0. The Morgan fingerprint density at radius 3 is 2.26 bits per heavy atom. The predicted molar refractivity (Wildman–Crippen MR) is 111 cm³/mol. The topological polar surface area (TPSA) is 106 Å². The van der Waals surface area contributed by atoms with Crippen LogP contribution in [-0.4, -0.2) is 34.5 Å². The van der Waals surface area contributed by atoms with Crippen molar-refractivity contribution in [2.24, 2.45) is 5.73 Å². The lowest BCUT2D eigenvalue weighted by atomic mass is 9.94. The molecule has 0 radical (unpaired) electrons. The Kier molecular flexibility index (Phi) is 9.75. The fourth-order valence-corrected chi connectivity index (χ4v) is 2.82. The third kappa shape index (κ3) is 6.66. The van der Waals surface area contributed by atoms with Gasteiger partial charge in [0.15, 0.2) is 0 Å². The molecule has 27 heavy (non-hydrogen) atoms. The summed E-state index contributed by atoms with van der Waals surface area (Å²) in [5, 5.41) is 5.63. The molecule has 1 aromatic heterocycles. The molecule has 0 aliphatic heterocycles. The third-order valence-electron chi connectivity index (χ3n) is 4.75. The molecular weight excluding hydrogens is 368 g/mol. The maximum absolute atomic E-state index is 12.7. The van der Waals surface area contributed by atoms with Gasteiger partial charge in [-0.05, 0) is 46.1 Å². The summed E-state index contributed by atoms with van der Waals surface area (Å²) in [5.74, 6) is -0.548. The Bertz CT molecular complexity index is 724. The minimum absolute atomic E-state index is 0. The Hall–Kier alpha value is -1.86. The van der Waals surface area contributed by atoms with Crippen molar-refractivity contribution < 1.29 is 9.59 Å². The molecule has 0 fully saturated rings. The molecule has 4 N–H and O–H groups in total. The lowest BCUT2D eigenvalue weighted by Crippen LogP contribution is -2.49. The van der Waals surface area contributed by atoms with E-state index in [0.717, 1.165) is 12.8 Å². The monoisotopic (exact) mass is 400 g/mol. The number of nitrogens with two attached hydrogens (primary N) is 1. The highest BCUT2D eigenvalue weighted by Gasteiger charge is 2.23. The highest BCUT2D eigenvalue weighted by atomic mass is 35.5. The number of halogens is 1. The van der Waals surface area contributed by atoms with Crippen molar-refractivity contribution in [1.82, 2.24) is 15.2 Å².